The average molecular weight is 434 g/mol. The third-order valence-corrected chi connectivity index (χ3v) is 6.16. The van der Waals surface area contributed by atoms with E-state index in [2.05, 4.69) is 6.07 Å². The van der Waals surface area contributed by atoms with Crippen molar-refractivity contribution in [2.24, 2.45) is 0 Å². The van der Waals surface area contributed by atoms with Crippen LogP contribution in [0.2, 0.25) is 0 Å². The summed E-state index contributed by atoms with van der Waals surface area (Å²) >= 11 is 0. The fourth-order valence-corrected chi connectivity index (χ4v) is 4.53. The maximum Gasteiger partial charge on any atom is 0.275 e. The zero-order chi connectivity index (χ0) is 22.1. The van der Waals surface area contributed by atoms with Gasteiger partial charge in [-0.15, -0.1) is 0 Å². The summed E-state index contributed by atoms with van der Waals surface area (Å²) in [5, 5.41) is 10.5. The molecule has 0 atom stereocenters. The van der Waals surface area contributed by atoms with E-state index in [1.165, 1.54) is 4.57 Å². The molecular formula is C24H26N4O4. The topological polar surface area (TPSA) is 87.9 Å². The predicted molar refractivity (Wildman–Crippen MR) is 121 cm³/mol. The number of hydrogen-bond donors (Lipinski definition) is 1. The number of ether oxygens (including phenoxy) is 1. The number of para-hydroxylation sites is 1. The first kappa shape index (κ1) is 20.7. The molecule has 3 aromatic rings. The highest BCUT2D eigenvalue weighted by atomic mass is 16.5. The molecule has 2 aliphatic heterocycles. The first-order chi connectivity index (χ1) is 15.7. The minimum Gasteiger partial charge on any atom is -0.395 e. The maximum atomic E-state index is 13.4. The van der Waals surface area contributed by atoms with Crippen LogP contribution >= 0.6 is 0 Å². The van der Waals surface area contributed by atoms with Gasteiger partial charge in [-0.25, -0.2) is 0 Å². The van der Waals surface area contributed by atoms with Crippen LogP contribution in [0.4, 0.5) is 5.69 Å². The number of carbonyl (C=O) groups excluding carboxylic acids is 1. The number of anilines is 1. The minimum atomic E-state index is -0.230. The molecule has 1 amide bonds. The van der Waals surface area contributed by atoms with Crippen LogP contribution in [0.15, 0.2) is 47.4 Å². The van der Waals surface area contributed by atoms with Gasteiger partial charge in [-0.1, -0.05) is 24.3 Å². The van der Waals surface area contributed by atoms with Crippen molar-refractivity contribution in [2.75, 3.05) is 44.4 Å². The Balaban J connectivity index is 1.42. The zero-order valence-corrected chi connectivity index (χ0v) is 17.9. The highest BCUT2D eigenvalue weighted by Crippen LogP contribution is 2.30. The molecule has 0 radical (unpaired) electrons. The Hall–Kier alpha value is -3.23. The Kier molecular flexibility index (Phi) is 5.63. The van der Waals surface area contributed by atoms with Gasteiger partial charge in [0.1, 0.15) is 5.69 Å². The number of hydrogen-bond acceptors (Lipinski definition) is 6. The van der Waals surface area contributed by atoms with E-state index in [1.807, 2.05) is 35.2 Å². The number of aliphatic hydroxyl groups excluding tert-OH is 1. The number of carbonyl (C=O) groups is 1. The smallest absolute Gasteiger partial charge is 0.275 e. The predicted octanol–water partition coefficient (Wildman–Crippen LogP) is 1.42. The van der Waals surface area contributed by atoms with Crippen LogP contribution in [0.1, 0.15) is 21.6 Å². The number of aliphatic hydroxyl groups is 1. The summed E-state index contributed by atoms with van der Waals surface area (Å²) in [4.78, 5) is 35.0. The molecule has 8 heteroatoms. The van der Waals surface area contributed by atoms with E-state index < -0.39 is 0 Å². The van der Waals surface area contributed by atoms with Gasteiger partial charge in [0, 0.05) is 62.0 Å². The molecule has 1 N–H and O–H groups in total. The summed E-state index contributed by atoms with van der Waals surface area (Å²) in [5.41, 5.74) is 3.41. The molecule has 0 spiro atoms. The molecule has 1 aromatic carbocycles. The van der Waals surface area contributed by atoms with E-state index in [4.69, 9.17) is 9.72 Å². The molecule has 32 heavy (non-hydrogen) atoms. The molecule has 0 saturated carbocycles. The van der Waals surface area contributed by atoms with Crippen molar-refractivity contribution in [2.45, 2.75) is 19.5 Å². The van der Waals surface area contributed by atoms with E-state index in [-0.39, 0.29) is 24.6 Å². The van der Waals surface area contributed by atoms with Gasteiger partial charge in [0.15, 0.2) is 0 Å². The molecular weight excluding hydrogens is 408 g/mol. The Bertz CT molecular complexity index is 1220. The number of benzene rings is 1. The number of nitrogens with zero attached hydrogens (tertiary/aromatic N) is 4. The van der Waals surface area contributed by atoms with Gasteiger partial charge in [-0.3, -0.25) is 14.6 Å². The molecule has 1 fully saturated rings. The number of aromatic nitrogens is 2. The number of fused-ring (bicyclic) bond motifs is 2. The number of morpholine rings is 1. The normalized spacial score (nSPS) is 16.1. The quantitative estimate of drug-likeness (QED) is 0.632. The van der Waals surface area contributed by atoms with E-state index in [0.29, 0.717) is 57.1 Å². The first-order valence-corrected chi connectivity index (χ1v) is 11.0. The standard InChI is InChI=1S/C24H26N4O4/c29-12-9-28-16-18-15-27(8-7-19-6-5-17-3-1-2-4-20(17)25-19)23(30)21(18)22(24(28)31)26-10-13-32-14-11-26/h1-6,16,29H,7-15H2. The second-order valence-corrected chi connectivity index (χ2v) is 8.17. The lowest BCUT2D eigenvalue weighted by atomic mass is 10.1. The summed E-state index contributed by atoms with van der Waals surface area (Å²) in [7, 11) is 0. The molecule has 8 nitrogen and oxygen atoms in total. The lowest BCUT2D eigenvalue weighted by molar-refractivity contribution is 0.0779. The summed E-state index contributed by atoms with van der Waals surface area (Å²) < 4.78 is 6.95. The Morgan fingerprint density at radius 1 is 1.03 bits per heavy atom. The molecule has 5 rings (SSSR count). The van der Waals surface area contributed by atoms with Crippen molar-refractivity contribution in [1.82, 2.24) is 14.5 Å². The Morgan fingerprint density at radius 2 is 1.84 bits per heavy atom. The zero-order valence-electron chi connectivity index (χ0n) is 17.9. The van der Waals surface area contributed by atoms with E-state index in [0.717, 1.165) is 22.2 Å². The van der Waals surface area contributed by atoms with E-state index in [1.54, 1.807) is 11.1 Å². The third kappa shape index (κ3) is 3.76. The van der Waals surface area contributed by atoms with Crippen molar-refractivity contribution < 1.29 is 14.6 Å². The van der Waals surface area contributed by atoms with Gasteiger partial charge in [0.05, 0.1) is 30.9 Å². The SMILES string of the molecule is O=C1c2c(cn(CCO)c(=O)c2N2CCOCC2)CN1CCc1ccc2ccccc2n1. The summed E-state index contributed by atoms with van der Waals surface area (Å²) in [6.45, 7) is 3.23. The molecule has 2 aliphatic rings. The van der Waals surface area contributed by atoms with Crippen LogP contribution in [0.25, 0.3) is 10.9 Å². The summed E-state index contributed by atoms with van der Waals surface area (Å²) in [6.07, 6.45) is 2.36. The van der Waals surface area contributed by atoms with Gasteiger partial charge >= 0.3 is 0 Å². The monoisotopic (exact) mass is 434 g/mol. The number of pyridine rings is 2. The lowest BCUT2D eigenvalue weighted by Gasteiger charge is -2.30. The second-order valence-electron chi connectivity index (χ2n) is 8.17. The van der Waals surface area contributed by atoms with E-state index in [9.17, 15) is 14.7 Å². The molecule has 2 aromatic heterocycles. The highest BCUT2D eigenvalue weighted by Gasteiger charge is 2.34. The number of rotatable bonds is 6. The van der Waals surface area contributed by atoms with Gasteiger partial charge in [0.25, 0.3) is 11.5 Å². The first-order valence-electron chi connectivity index (χ1n) is 11.0. The van der Waals surface area contributed by atoms with Gasteiger partial charge < -0.3 is 24.2 Å². The van der Waals surface area contributed by atoms with Crippen LogP contribution in [0.3, 0.4) is 0 Å². The molecule has 4 heterocycles. The molecule has 0 unspecified atom stereocenters. The lowest BCUT2D eigenvalue weighted by Crippen LogP contribution is -2.42. The Labute approximate surface area is 185 Å². The van der Waals surface area contributed by atoms with Crippen LogP contribution in [-0.2, 0) is 24.2 Å². The largest absolute Gasteiger partial charge is 0.395 e. The average Bonchev–Trinajstić information content (AvgIpc) is 3.13. The van der Waals surface area contributed by atoms with Crippen molar-refractivity contribution >= 4 is 22.5 Å². The van der Waals surface area contributed by atoms with Crippen molar-refractivity contribution in [3.8, 4) is 0 Å². The Morgan fingerprint density at radius 3 is 2.66 bits per heavy atom. The summed E-state index contributed by atoms with van der Waals surface area (Å²) in [5.74, 6) is -0.115. The van der Waals surface area contributed by atoms with Gasteiger partial charge in [0.2, 0.25) is 0 Å². The van der Waals surface area contributed by atoms with Crippen molar-refractivity contribution in [1.29, 1.82) is 0 Å². The molecule has 0 aliphatic carbocycles. The molecule has 166 valence electrons. The molecule has 1 saturated heterocycles. The van der Waals surface area contributed by atoms with Crippen LogP contribution in [-0.4, -0.2) is 64.9 Å². The van der Waals surface area contributed by atoms with Crippen LogP contribution in [0.5, 0.6) is 0 Å². The fraction of sp³-hybridized carbons (Fsp3) is 0.375. The van der Waals surface area contributed by atoms with Crippen LogP contribution in [0, 0.1) is 0 Å². The highest BCUT2D eigenvalue weighted by molar-refractivity contribution is 6.03. The minimum absolute atomic E-state index is 0.115. The second kappa shape index (κ2) is 8.72. The third-order valence-electron chi connectivity index (χ3n) is 6.16. The maximum absolute atomic E-state index is 13.4. The van der Waals surface area contributed by atoms with Crippen molar-refractivity contribution in [3.05, 3.63) is 69.8 Å². The number of amides is 1. The molecule has 0 bridgehead atoms. The van der Waals surface area contributed by atoms with Gasteiger partial charge in [-0.05, 0) is 12.1 Å². The fourth-order valence-electron chi connectivity index (χ4n) is 4.53. The van der Waals surface area contributed by atoms with Crippen LogP contribution < -0.4 is 10.5 Å². The van der Waals surface area contributed by atoms with Gasteiger partial charge in [-0.2, -0.15) is 0 Å². The van der Waals surface area contributed by atoms with Crippen molar-refractivity contribution in [3.63, 3.8) is 0 Å². The summed E-state index contributed by atoms with van der Waals surface area (Å²) in [6, 6.07) is 12.0. The van der Waals surface area contributed by atoms with E-state index >= 15 is 0 Å².